The average Bonchev–Trinajstić information content (AvgIpc) is 3.06. The number of rotatable bonds is 5. The minimum atomic E-state index is 0.0593. The number of hydrogen-bond donors (Lipinski definition) is 0. The van der Waals surface area contributed by atoms with Gasteiger partial charge in [0, 0.05) is 18.2 Å². The third kappa shape index (κ3) is 3.79. The lowest BCUT2D eigenvalue weighted by Gasteiger charge is -2.36. The van der Waals surface area contributed by atoms with Gasteiger partial charge in [0.1, 0.15) is 6.54 Å². The van der Waals surface area contributed by atoms with Gasteiger partial charge in [-0.1, -0.05) is 30.3 Å². The van der Waals surface area contributed by atoms with Gasteiger partial charge in [-0.3, -0.25) is 4.79 Å². The van der Waals surface area contributed by atoms with Gasteiger partial charge in [0.25, 0.3) is 0 Å². The summed E-state index contributed by atoms with van der Waals surface area (Å²) in [5.74, 6) is 0.606. The van der Waals surface area contributed by atoms with Gasteiger partial charge in [-0.2, -0.15) is 4.80 Å². The number of benzene rings is 1. The van der Waals surface area contributed by atoms with Crippen molar-refractivity contribution in [1.29, 1.82) is 0 Å². The summed E-state index contributed by atoms with van der Waals surface area (Å²) in [4.78, 5) is 18.3. The lowest BCUT2D eigenvalue weighted by Crippen LogP contribution is -2.47. The molecule has 1 saturated heterocycles. The van der Waals surface area contributed by atoms with Gasteiger partial charge in [-0.15, -0.1) is 10.2 Å². The van der Waals surface area contributed by atoms with Gasteiger partial charge >= 0.3 is 0 Å². The minimum absolute atomic E-state index is 0.0593. The van der Waals surface area contributed by atoms with Crippen LogP contribution < -0.4 is 0 Å². The van der Waals surface area contributed by atoms with Crippen LogP contribution in [0.15, 0.2) is 30.3 Å². The Morgan fingerprint density at radius 1 is 1.25 bits per heavy atom. The normalized spacial score (nSPS) is 16.2. The van der Waals surface area contributed by atoms with Crippen molar-refractivity contribution in [2.75, 3.05) is 26.7 Å². The monoisotopic (exact) mass is 328 g/mol. The van der Waals surface area contributed by atoms with Gasteiger partial charge in [-0.05, 0) is 45.1 Å². The molecule has 24 heavy (non-hydrogen) atoms. The second-order valence-electron chi connectivity index (χ2n) is 6.22. The number of piperidine rings is 1. The van der Waals surface area contributed by atoms with E-state index in [1.54, 1.807) is 0 Å². The number of likely N-dealkylation sites (N-methyl/N-ethyl adjacent to an activating group) is 1. The van der Waals surface area contributed by atoms with Crippen LogP contribution in [0.4, 0.5) is 0 Å². The zero-order chi connectivity index (χ0) is 16.9. The fourth-order valence-corrected chi connectivity index (χ4v) is 3.17. The number of likely N-dealkylation sites (tertiary alicyclic amines) is 1. The Hall–Kier alpha value is -2.28. The second-order valence-corrected chi connectivity index (χ2v) is 6.22. The van der Waals surface area contributed by atoms with E-state index in [0.717, 1.165) is 31.5 Å². The highest BCUT2D eigenvalue weighted by molar-refractivity contribution is 5.76. The van der Waals surface area contributed by atoms with E-state index in [9.17, 15) is 4.79 Å². The molecule has 128 valence electrons. The first kappa shape index (κ1) is 16.6. The topological polar surface area (TPSA) is 67.2 Å². The molecule has 1 aliphatic heterocycles. The SMILES string of the molecule is CCN(C(=O)Cn1nnc(-c2ccccc2)n1)C1CCN(C)CC1. The van der Waals surface area contributed by atoms with Crippen LogP contribution in [0.2, 0.25) is 0 Å². The molecule has 1 amide bonds. The zero-order valence-electron chi connectivity index (χ0n) is 14.3. The summed E-state index contributed by atoms with van der Waals surface area (Å²) in [5, 5.41) is 12.4. The lowest BCUT2D eigenvalue weighted by atomic mass is 10.0. The molecule has 0 N–H and O–H groups in total. The van der Waals surface area contributed by atoms with Crippen molar-refractivity contribution < 1.29 is 4.79 Å². The van der Waals surface area contributed by atoms with Gasteiger partial charge < -0.3 is 9.80 Å². The number of tetrazole rings is 1. The highest BCUT2D eigenvalue weighted by Gasteiger charge is 2.26. The largest absolute Gasteiger partial charge is 0.338 e. The van der Waals surface area contributed by atoms with Crippen LogP contribution >= 0.6 is 0 Å². The molecule has 0 saturated carbocycles. The number of aromatic nitrogens is 4. The van der Waals surface area contributed by atoms with E-state index in [-0.39, 0.29) is 12.5 Å². The molecule has 1 fully saturated rings. The van der Waals surface area contributed by atoms with Crippen LogP contribution in [-0.4, -0.2) is 68.6 Å². The number of nitrogens with zero attached hydrogens (tertiary/aromatic N) is 6. The average molecular weight is 328 g/mol. The standard InChI is InChI=1S/C17H24N6O/c1-3-22(15-9-11-21(2)12-10-15)16(24)13-23-19-17(18-20-23)14-7-5-4-6-8-14/h4-8,15H,3,9-13H2,1-2H3. The Morgan fingerprint density at radius 2 is 1.96 bits per heavy atom. The summed E-state index contributed by atoms with van der Waals surface area (Å²) in [5.41, 5.74) is 0.902. The van der Waals surface area contributed by atoms with E-state index < -0.39 is 0 Å². The summed E-state index contributed by atoms with van der Waals surface area (Å²) in [6.45, 7) is 4.95. The molecule has 1 aliphatic rings. The molecule has 0 spiro atoms. The van der Waals surface area contributed by atoms with Crippen molar-refractivity contribution in [3.8, 4) is 11.4 Å². The van der Waals surface area contributed by atoms with Gasteiger partial charge in [0.05, 0.1) is 0 Å². The summed E-state index contributed by atoms with van der Waals surface area (Å²) in [6, 6.07) is 9.98. The fourth-order valence-electron chi connectivity index (χ4n) is 3.17. The van der Waals surface area contributed by atoms with Gasteiger partial charge in [0.2, 0.25) is 11.7 Å². The van der Waals surface area contributed by atoms with Crippen molar-refractivity contribution in [3.63, 3.8) is 0 Å². The van der Waals surface area contributed by atoms with E-state index in [1.807, 2.05) is 42.2 Å². The van der Waals surface area contributed by atoms with Gasteiger partial charge in [-0.25, -0.2) is 0 Å². The molecule has 1 aromatic carbocycles. The lowest BCUT2D eigenvalue weighted by molar-refractivity contribution is -0.135. The molecular weight excluding hydrogens is 304 g/mol. The predicted octanol–water partition coefficient (Wildman–Crippen LogP) is 1.28. The van der Waals surface area contributed by atoms with Crippen molar-refractivity contribution in [2.45, 2.75) is 32.4 Å². The first-order valence-corrected chi connectivity index (χ1v) is 8.48. The second kappa shape index (κ2) is 7.53. The molecule has 2 heterocycles. The Balaban J connectivity index is 1.64. The number of hydrogen-bond acceptors (Lipinski definition) is 5. The first-order valence-electron chi connectivity index (χ1n) is 8.48. The van der Waals surface area contributed by atoms with Crippen molar-refractivity contribution in [1.82, 2.24) is 30.0 Å². The number of carbonyl (C=O) groups is 1. The number of amides is 1. The van der Waals surface area contributed by atoms with E-state index in [2.05, 4.69) is 27.4 Å². The quantitative estimate of drug-likeness (QED) is 0.827. The molecule has 7 heteroatoms. The highest BCUT2D eigenvalue weighted by atomic mass is 16.2. The molecule has 0 atom stereocenters. The highest BCUT2D eigenvalue weighted by Crippen LogP contribution is 2.16. The van der Waals surface area contributed by atoms with Crippen LogP contribution in [-0.2, 0) is 11.3 Å². The summed E-state index contributed by atoms with van der Waals surface area (Å²) < 4.78 is 0. The van der Waals surface area contributed by atoms with Gasteiger partial charge in [0.15, 0.2) is 0 Å². The maximum absolute atomic E-state index is 12.7. The zero-order valence-corrected chi connectivity index (χ0v) is 14.3. The van der Waals surface area contributed by atoms with E-state index >= 15 is 0 Å². The molecule has 3 rings (SSSR count). The Kier molecular flexibility index (Phi) is 5.20. The maximum Gasteiger partial charge on any atom is 0.246 e. The smallest absolute Gasteiger partial charge is 0.246 e. The Morgan fingerprint density at radius 3 is 2.62 bits per heavy atom. The maximum atomic E-state index is 12.7. The van der Waals surface area contributed by atoms with Crippen molar-refractivity contribution >= 4 is 5.91 Å². The fraction of sp³-hybridized carbons (Fsp3) is 0.529. The van der Waals surface area contributed by atoms with Crippen LogP contribution in [0.25, 0.3) is 11.4 Å². The minimum Gasteiger partial charge on any atom is -0.338 e. The summed E-state index contributed by atoms with van der Waals surface area (Å²) in [7, 11) is 2.12. The summed E-state index contributed by atoms with van der Waals surface area (Å²) in [6.07, 6.45) is 2.05. The van der Waals surface area contributed by atoms with E-state index in [4.69, 9.17) is 0 Å². The van der Waals surface area contributed by atoms with Crippen LogP contribution in [0.5, 0.6) is 0 Å². The molecule has 2 aromatic rings. The first-order chi connectivity index (χ1) is 11.7. The Bertz CT molecular complexity index is 663. The molecule has 1 aromatic heterocycles. The molecule has 0 bridgehead atoms. The molecule has 7 nitrogen and oxygen atoms in total. The van der Waals surface area contributed by atoms with E-state index in [0.29, 0.717) is 18.4 Å². The van der Waals surface area contributed by atoms with Crippen LogP contribution in [0, 0.1) is 0 Å². The molecular formula is C17H24N6O. The van der Waals surface area contributed by atoms with Crippen LogP contribution in [0.3, 0.4) is 0 Å². The predicted molar refractivity (Wildman–Crippen MR) is 91.2 cm³/mol. The van der Waals surface area contributed by atoms with Crippen molar-refractivity contribution in [2.24, 2.45) is 0 Å². The summed E-state index contributed by atoms with van der Waals surface area (Å²) >= 11 is 0. The molecule has 0 aliphatic carbocycles. The third-order valence-electron chi connectivity index (χ3n) is 4.55. The van der Waals surface area contributed by atoms with Crippen LogP contribution in [0.1, 0.15) is 19.8 Å². The van der Waals surface area contributed by atoms with E-state index in [1.165, 1.54) is 4.80 Å². The van der Waals surface area contributed by atoms with Crippen molar-refractivity contribution in [3.05, 3.63) is 30.3 Å². The number of carbonyl (C=O) groups excluding carboxylic acids is 1. The third-order valence-corrected chi connectivity index (χ3v) is 4.55. The molecule has 0 radical (unpaired) electrons. The Labute approximate surface area is 142 Å². The molecule has 0 unspecified atom stereocenters.